The molecule has 0 bridgehead atoms. The van der Waals surface area contributed by atoms with Crippen LogP contribution in [0.5, 0.6) is 0 Å². The summed E-state index contributed by atoms with van der Waals surface area (Å²) in [5.74, 6) is -2.63. The minimum absolute atomic E-state index is 0.0400. The minimum atomic E-state index is -2.63. The zero-order chi connectivity index (χ0) is 24.9. The van der Waals surface area contributed by atoms with Crippen LogP contribution in [0.15, 0.2) is 42.7 Å². The predicted molar refractivity (Wildman–Crippen MR) is 139 cm³/mol. The molecule has 2 aliphatic rings. The van der Waals surface area contributed by atoms with E-state index in [1.165, 1.54) is 0 Å². The summed E-state index contributed by atoms with van der Waals surface area (Å²) in [5.41, 5.74) is 6.70. The molecule has 0 radical (unpaired) electrons. The summed E-state index contributed by atoms with van der Waals surface area (Å²) < 4.78 is 29.7. The fourth-order valence-corrected chi connectivity index (χ4v) is 6.45. The molecule has 4 aromatic rings. The quantitative estimate of drug-likeness (QED) is 0.341. The van der Waals surface area contributed by atoms with Crippen LogP contribution in [-0.2, 0) is 19.4 Å². The first-order valence-electron chi connectivity index (χ1n) is 12.0. The van der Waals surface area contributed by atoms with Gasteiger partial charge in [0.2, 0.25) is 0 Å². The summed E-state index contributed by atoms with van der Waals surface area (Å²) in [4.78, 5) is 11.9. The number of nitrogens with zero attached hydrogens (tertiary/aromatic N) is 5. The van der Waals surface area contributed by atoms with E-state index in [9.17, 15) is 8.78 Å². The molecule has 0 amide bonds. The second-order valence-electron chi connectivity index (χ2n) is 9.33. The molecule has 0 atom stereocenters. The molecule has 1 aliphatic heterocycles. The van der Waals surface area contributed by atoms with E-state index < -0.39 is 5.92 Å². The first kappa shape index (κ1) is 23.5. The third-order valence-electron chi connectivity index (χ3n) is 6.77. The van der Waals surface area contributed by atoms with Crippen LogP contribution in [0.2, 0.25) is 5.02 Å². The minimum Gasteiger partial charge on any atom is -0.365 e. The van der Waals surface area contributed by atoms with Gasteiger partial charge in [-0.2, -0.15) is 5.10 Å². The van der Waals surface area contributed by atoms with Gasteiger partial charge in [-0.15, -0.1) is 0 Å². The van der Waals surface area contributed by atoms with Gasteiger partial charge >= 0.3 is 0 Å². The first-order valence-corrected chi connectivity index (χ1v) is 13.2. The van der Waals surface area contributed by atoms with Crippen LogP contribution in [0.25, 0.3) is 27.5 Å². The Hall–Kier alpha value is -2.88. The topological polar surface area (TPSA) is 58.9 Å². The van der Waals surface area contributed by atoms with Crippen molar-refractivity contribution in [3.8, 4) is 27.5 Å². The fraction of sp³-hybridized carbons (Fsp3) is 0.346. The number of likely N-dealkylation sites (tertiary alicyclic amines) is 1. The number of aromatic nitrogens is 4. The molecule has 186 valence electrons. The SMILES string of the molecule is CNc1nc2c(s1)-c1c(c(-c3cccnc3)nn1-c1ccc(CN3CCCC(F)(F)C3)cc1Cl)CC2. The van der Waals surface area contributed by atoms with Gasteiger partial charge in [0.1, 0.15) is 0 Å². The zero-order valence-electron chi connectivity index (χ0n) is 19.8. The van der Waals surface area contributed by atoms with E-state index in [0.29, 0.717) is 24.5 Å². The van der Waals surface area contributed by atoms with Gasteiger partial charge in [0.05, 0.1) is 39.2 Å². The third-order valence-corrected chi connectivity index (χ3v) is 8.20. The van der Waals surface area contributed by atoms with Gasteiger partial charge in [-0.3, -0.25) is 9.88 Å². The van der Waals surface area contributed by atoms with E-state index in [1.807, 2.05) is 48.3 Å². The highest BCUT2D eigenvalue weighted by Gasteiger charge is 2.35. The maximum atomic E-state index is 13.9. The van der Waals surface area contributed by atoms with Gasteiger partial charge in [-0.25, -0.2) is 18.4 Å². The normalized spacial score (nSPS) is 17.0. The maximum absolute atomic E-state index is 13.9. The number of rotatable bonds is 5. The second kappa shape index (κ2) is 9.21. The van der Waals surface area contributed by atoms with Gasteiger partial charge < -0.3 is 5.32 Å². The standard InChI is InChI=1S/C26H25ClF2N6S/c1-30-25-32-20-7-6-18-22(17-4-2-10-31-13-17)33-35(23(18)24(20)36-25)21-8-5-16(12-19(21)27)14-34-11-3-9-26(28,29)15-34/h2,4-5,8,10,12-13H,3,6-7,9,11,14-15H2,1H3,(H,30,32). The van der Waals surface area contributed by atoms with Gasteiger partial charge in [-0.05, 0) is 55.6 Å². The molecule has 6 nitrogen and oxygen atoms in total. The average molecular weight is 527 g/mol. The predicted octanol–water partition coefficient (Wildman–Crippen LogP) is 6.08. The van der Waals surface area contributed by atoms with Gasteiger partial charge in [-0.1, -0.05) is 29.0 Å². The van der Waals surface area contributed by atoms with Crippen LogP contribution in [0.4, 0.5) is 13.9 Å². The molecule has 4 heterocycles. The Morgan fingerprint density at radius 2 is 2.11 bits per heavy atom. The number of hydrogen-bond acceptors (Lipinski definition) is 6. The molecule has 0 saturated carbocycles. The first-order chi connectivity index (χ1) is 17.4. The number of aryl methyl sites for hydroxylation is 1. The molecular weight excluding hydrogens is 502 g/mol. The fourth-order valence-electron chi connectivity index (χ4n) is 5.15. The Morgan fingerprint density at radius 3 is 2.86 bits per heavy atom. The van der Waals surface area contributed by atoms with Crippen molar-refractivity contribution in [1.82, 2.24) is 24.6 Å². The number of benzene rings is 1. The van der Waals surface area contributed by atoms with Gasteiger partial charge in [0, 0.05) is 43.5 Å². The maximum Gasteiger partial charge on any atom is 0.260 e. The Balaban J connectivity index is 1.42. The van der Waals surface area contributed by atoms with Crippen LogP contribution < -0.4 is 5.32 Å². The number of halogens is 3. The summed E-state index contributed by atoms with van der Waals surface area (Å²) in [5, 5.41) is 9.59. The molecule has 0 unspecified atom stereocenters. The lowest BCUT2D eigenvalue weighted by atomic mass is 9.95. The summed E-state index contributed by atoms with van der Waals surface area (Å²) in [6, 6.07) is 9.69. The van der Waals surface area contributed by atoms with Crippen molar-refractivity contribution in [1.29, 1.82) is 0 Å². The Labute approximate surface area is 217 Å². The van der Waals surface area contributed by atoms with E-state index >= 15 is 0 Å². The van der Waals surface area contributed by atoms with Crippen molar-refractivity contribution < 1.29 is 8.78 Å². The van der Waals surface area contributed by atoms with Crippen molar-refractivity contribution in [3.63, 3.8) is 0 Å². The number of anilines is 1. The molecule has 1 aromatic carbocycles. The van der Waals surface area contributed by atoms with E-state index in [1.54, 1.807) is 22.4 Å². The Kier molecular flexibility index (Phi) is 6.02. The van der Waals surface area contributed by atoms with Gasteiger partial charge in [0.15, 0.2) is 5.13 Å². The second-order valence-corrected chi connectivity index (χ2v) is 10.7. The van der Waals surface area contributed by atoms with E-state index in [0.717, 1.165) is 62.3 Å². The molecule has 1 fully saturated rings. The monoisotopic (exact) mass is 526 g/mol. The smallest absolute Gasteiger partial charge is 0.260 e. The number of pyridine rings is 1. The summed E-state index contributed by atoms with van der Waals surface area (Å²) in [7, 11) is 1.87. The van der Waals surface area contributed by atoms with E-state index in [2.05, 4.69) is 10.3 Å². The summed E-state index contributed by atoms with van der Waals surface area (Å²) in [6.07, 6.45) is 5.70. The highest BCUT2D eigenvalue weighted by atomic mass is 35.5. The van der Waals surface area contributed by atoms with Crippen LogP contribution >= 0.6 is 22.9 Å². The highest BCUT2D eigenvalue weighted by molar-refractivity contribution is 7.19. The molecule has 1 aliphatic carbocycles. The number of fused-ring (bicyclic) bond motifs is 3. The van der Waals surface area contributed by atoms with Crippen LogP contribution in [-0.4, -0.2) is 50.7 Å². The molecule has 0 spiro atoms. The lowest BCUT2D eigenvalue weighted by molar-refractivity contribution is -0.0661. The molecule has 10 heteroatoms. The van der Waals surface area contributed by atoms with E-state index in [4.69, 9.17) is 21.7 Å². The van der Waals surface area contributed by atoms with Crippen molar-refractivity contribution in [2.45, 2.75) is 38.2 Å². The summed E-state index contributed by atoms with van der Waals surface area (Å²) in [6.45, 7) is 0.895. The summed E-state index contributed by atoms with van der Waals surface area (Å²) >= 11 is 8.44. The van der Waals surface area contributed by atoms with Crippen molar-refractivity contribution >= 4 is 28.1 Å². The van der Waals surface area contributed by atoms with E-state index in [-0.39, 0.29) is 13.0 Å². The Morgan fingerprint density at radius 1 is 1.22 bits per heavy atom. The lowest BCUT2D eigenvalue weighted by Gasteiger charge is -2.32. The molecule has 3 aromatic heterocycles. The van der Waals surface area contributed by atoms with Gasteiger partial charge in [0.25, 0.3) is 5.92 Å². The Bertz CT molecular complexity index is 1420. The number of thiazole rings is 1. The lowest BCUT2D eigenvalue weighted by Crippen LogP contribution is -2.42. The zero-order valence-corrected chi connectivity index (χ0v) is 21.3. The van der Waals surface area contributed by atoms with Crippen molar-refractivity contribution in [2.75, 3.05) is 25.5 Å². The number of piperidine rings is 1. The molecule has 1 N–H and O–H groups in total. The number of nitrogens with one attached hydrogen (secondary N) is 1. The van der Waals surface area contributed by atoms with Crippen molar-refractivity contribution in [3.05, 3.63) is 64.6 Å². The number of alkyl halides is 2. The van der Waals surface area contributed by atoms with Crippen LogP contribution in [0.1, 0.15) is 29.7 Å². The highest BCUT2D eigenvalue weighted by Crippen LogP contribution is 2.44. The van der Waals surface area contributed by atoms with Crippen LogP contribution in [0, 0.1) is 0 Å². The molecule has 36 heavy (non-hydrogen) atoms. The third kappa shape index (κ3) is 4.29. The molecular formula is C26H25ClF2N6S. The average Bonchev–Trinajstić information content (AvgIpc) is 3.45. The number of hydrogen-bond donors (Lipinski definition) is 1. The largest absolute Gasteiger partial charge is 0.365 e. The van der Waals surface area contributed by atoms with Crippen molar-refractivity contribution in [2.24, 2.45) is 0 Å². The molecule has 1 saturated heterocycles. The molecule has 6 rings (SSSR count). The van der Waals surface area contributed by atoms with Crippen LogP contribution in [0.3, 0.4) is 0 Å².